The SMILES string of the molecule is CCCCCCCCCCCCc1cccc(C2=CC(CCCC)=C(c3cccc(CCCCCCCCCCCC)c3)[N+]2=[N-])c1. The first kappa shape index (κ1) is 38.0. The summed E-state index contributed by atoms with van der Waals surface area (Å²) in [6.07, 6.45) is 35.1. The fourth-order valence-electron chi connectivity index (χ4n) is 7.02. The van der Waals surface area contributed by atoms with Gasteiger partial charge in [-0.15, -0.1) is 0 Å². The predicted octanol–water partition coefficient (Wildman–Crippen LogP) is 14.6. The number of benzene rings is 2. The van der Waals surface area contributed by atoms with Gasteiger partial charge in [0.05, 0.1) is 0 Å². The first-order valence-electron chi connectivity index (χ1n) is 19.8. The van der Waals surface area contributed by atoms with Gasteiger partial charge < -0.3 is 5.53 Å². The van der Waals surface area contributed by atoms with Crippen LogP contribution in [0.1, 0.15) is 191 Å². The van der Waals surface area contributed by atoms with Crippen LogP contribution >= 0.6 is 0 Å². The molecule has 0 aliphatic carbocycles. The molecule has 0 aromatic heterocycles. The number of rotatable bonds is 27. The Morgan fingerprint density at radius 1 is 0.457 bits per heavy atom. The maximum absolute atomic E-state index is 11.6. The first-order valence-corrected chi connectivity index (χ1v) is 19.8. The molecule has 0 spiro atoms. The molecule has 46 heavy (non-hydrogen) atoms. The van der Waals surface area contributed by atoms with Crippen molar-refractivity contribution in [3.63, 3.8) is 0 Å². The molecule has 0 fully saturated rings. The van der Waals surface area contributed by atoms with Crippen molar-refractivity contribution in [3.05, 3.63) is 88.0 Å². The molecule has 0 saturated carbocycles. The second kappa shape index (κ2) is 23.8. The topological polar surface area (TPSA) is 25.3 Å². The van der Waals surface area contributed by atoms with E-state index in [9.17, 15) is 5.53 Å². The maximum Gasteiger partial charge on any atom is 0.210 e. The minimum atomic E-state index is 0.922. The van der Waals surface area contributed by atoms with Crippen LogP contribution in [0.5, 0.6) is 0 Å². The summed E-state index contributed by atoms with van der Waals surface area (Å²) in [6, 6.07) is 17.9. The summed E-state index contributed by atoms with van der Waals surface area (Å²) in [7, 11) is 0. The smallest absolute Gasteiger partial charge is 0.210 e. The van der Waals surface area contributed by atoms with Gasteiger partial charge in [0, 0.05) is 22.8 Å². The van der Waals surface area contributed by atoms with Crippen molar-refractivity contribution in [2.45, 2.75) is 181 Å². The van der Waals surface area contributed by atoms with Crippen LogP contribution in [0.4, 0.5) is 0 Å². The largest absolute Gasteiger partial charge is 0.493 e. The molecule has 2 aromatic rings. The van der Waals surface area contributed by atoms with Crippen molar-refractivity contribution in [1.82, 2.24) is 0 Å². The Balaban J connectivity index is 1.51. The number of hydrogen-bond acceptors (Lipinski definition) is 0. The number of nitrogens with zero attached hydrogens (tertiary/aromatic N) is 2. The molecule has 1 aliphatic heterocycles. The van der Waals surface area contributed by atoms with E-state index >= 15 is 0 Å². The van der Waals surface area contributed by atoms with Gasteiger partial charge in [0.25, 0.3) is 0 Å². The van der Waals surface area contributed by atoms with Crippen LogP contribution < -0.4 is 0 Å². The van der Waals surface area contributed by atoms with E-state index in [0.717, 1.165) is 54.6 Å². The number of aryl methyl sites for hydroxylation is 2. The highest BCUT2D eigenvalue weighted by atomic mass is 15.2. The van der Waals surface area contributed by atoms with Crippen LogP contribution in [-0.2, 0) is 12.8 Å². The van der Waals surface area contributed by atoms with Gasteiger partial charge in [-0.2, -0.15) is 0 Å². The second-order valence-corrected chi connectivity index (χ2v) is 14.1. The van der Waals surface area contributed by atoms with Gasteiger partial charge in [-0.05, 0) is 73.9 Å². The zero-order chi connectivity index (χ0) is 32.7. The standard InChI is InChI=1S/C44H68N2/c1-4-7-10-12-14-16-18-20-22-24-28-38-30-26-33-40(35-38)43-37-42(32-9-6-3)44(46(43)45)41-34-27-31-39(36-41)29-25-23-21-19-17-15-13-11-8-5-2/h26-27,30-31,33-37H,4-25,28-29,32H2,1-3H3. The molecular weight excluding hydrogens is 556 g/mol. The van der Waals surface area contributed by atoms with Gasteiger partial charge in [-0.1, -0.05) is 167 Å². The minimum absolute atomic E-state index is 0.922. The summed E-state index contributed by atoms with van der Waals surface area (Å²) in [5.41, 5.74) is 19.8. The Morgan fingerprint density at radius 2 is 0.870 bits per heavy atom. The number of unbranched alkanes of at least 4 members (excludes halogenated alkanes) is 19. The molecule has 3 rings (SSSR count). The van der Waals surface area contributed by atoms with E-state index in [-0.39, 0.29) is 0 Å². The van der Waals surface area contributed by atoms with Crippen LogP contribution in [-0.4, -0.2) is 4.70 Å². The molecule has 1 aliphatic rings. The molecule has 0 bridgehead atoms. The Hall–Kier alpha value is -2.48. The number of hydrogen-bond donors (Lipinski definition) is 0. The monoisotopic (exact) mass is 625 g/mol. The van der Waals surface area contributed by atoms with E-state index < -0.39 is 0 Å². The third kappa shape index (κ3) is 14.1. The fraction of sp³-hybridized carbons (Fsp3) is 0.636. The Kier molecular flexibility index (Phi) is 19.6. The third-order valence-electron chi connectivity index (χ3n) is 9.92. The van der Waals surface area contributed by atoms with Gasteiger partial charge in [0.2, 0.25) is 11.4 Å². The zero-order valence-electron chi connectivity index (χ0n) is 30.3. The van der Waals surface area contributed by atoms with Gasteiger partial charge >= 0.3 is 0 Å². The summed E-state index contributed by atoms with van der Waals surface area (Å²) in [6.45, 7) is 6.83. The summed E-state index contributed by atoms with van der Waals surface area (Å²) in [5, 5.41) is 0. The minimum Gasteiger partial charge on any atom is -0.493 e. The Morgan fingerprint density at radius 3 is 1.35 bits per heavy atom. The van der Waals surface area contributed by atoms with Crippen LogP contribution in [0, 0.1) is 0 Å². The average Bonchev–Trinajstić information content (AvgIpc) is 3.41. The molecular formula is C44H68N2. The van der Waals surface area contributed by atoms with Gasteiger partial charge in [-0.25, -0.2) is 4.70 Å². The Bertz CT molecular complexity index is 1190. The van der Waals surface area contributed by atoms with Crippen LogP contribution in [0.3, 0.4) is 0 Å². The van der Waals surface area contributed by atoms with Crippen LogP contribution in [0.2, 0.25) is 0 Å². The van der Waals surface area contributed by atoms with Crippen LogP contribution in [0.15, 0.2) is 60.2 Å². The van der Waals surface area contributed by atoms with Gasteiger partial charge in [0.1, 0.15) is 0 Å². The number of allylic oxidation sites excluding steroid dienone is 2. The zero-order valence-corrected chi connectivity index (χ0v) is 30.3. The molecule has 2 aromatic carbocycles. The second-order valence-electron chi connectivity index (χ2n) is 14.1. The lowest BCUT2D eigenvalue weighted by Gasteiger charge is -2.12. The molecule has 254 valence electrons. The van der Waals surface area contributed by atoms with E-state index in [0.29, 0.717) is 0 Å². The highest BCUT2D eigenvalue weighted by Crippen LogP contribution is 2.38. The third-order valence-corrected chi connectivity index (χ3v) is 9.92. The van der Waals surface area contributed by atoms with E-state index in [4.69, 9.17) is 0 Å². The highest BCUT2D eigenvalue weighted by Gasteiger charge is 2.28. The molecule has 0 amide bonds. The lowest BCUT2D eigenvalue weighted by atomic mass is 9.99. The van der Waals surface area contributed by atoms with Crippen molar-refractivity contribution in [1.29, 1.82) is 0 Å². The maximum atomic E-state index is 11.6. The molecule has 0 radical (unpaired) electrons. The van der Waals surface area contributed by atoms with Crippen LogP contribution in [0.25, 0.3) is 16.9 Å². The lowest BCUT2D eigenvalue weighted by Crippen LogP contribution is -2.03. The summed E-state index contributed by atoms with van der Waals surface area (Å²) >= 11 is 0. The summed E-state index contributed by atoms with van der Waals surface area (Å²) in [4.78, 5) is 0. The fourth-order valence-corrected chi connectivity index (χ4v) is 7.02. The van der Waals surface area contributed by atoms with Crippen molar-refractivity contribution in [2.75, 3.05) is 0 Å². The molecule has 0 unspecified atom stereocenters. The van der Waals surface area contributed by atoms with Crippen molar-refractivity contribution >= 4 is 11.4 Å². The van der Waals surface area contributed by atoms with E-state index in [2.05, 4.69) is 75.4 Å². The normalized spacial score (nSPS) is 13.2. The molecule has 2 heteroatoms. The quantitative estimate of drug-likeness (QED) is 0.0698. The Labute approximate surface area is 284 Å². The van der Waals surface area contributed by atoms with Crippen molar-refractivity contribution in [3.8, 4) is 0 Å². The van der Waals surface area contributed by atoms with E-state index in [1.54, 1.807) is 0 Å². The van der Waals surface area contributed by atoms with Gasteiger partial charge in [0.15, 0.2) is 0 Å². The molecule has 0 atom stereocenters. The summed E-state index contributed by atoms with van der Waals surface area (Å²) < 4.78 is 1.49. The molecule has 2 nitrogen and oxygen atoms in total. The van der Waals surface area contributed by atoms with Gasteiger partial charge in [-0.3, -0.25) is 0 Å². The van der Waals surface area contributed by atoms with Crippen molar-refractivity contribution in [2.24, 2.45) is 0 Å². The molecule has 0 saturated heterocycles. The predicted molar refractivity (Wildman–Crippen MR) is 202 cm³/mol. The van der Waals surface area contributed by atoms with Crippen molar-refractivity contribution < 1.29 is 4.70 Å². The average molecular weight is 625 g/mol. The highest BCUT2D eigenvalue weighted by molar-refractivity contribution is 5.78. The summed E-state index contributed by atoms with van der Waals surface area (Å²) in [5.74, 6) is 0. The van der Waals surface area contributed by atoms with E-state index in [1.165, 1.54) is 150 Å². The lowest BCUT2D eigenvalue weighted by molar-refractivity contribution is -0.344. The first-order chi connectivity index (χ1) is 22.7. The molecule has 1 heterocycles. The van der Waals surface area contributed by atoms with E-state index in [1.807, 2.05) is 0 Å². The molecule has 0 N–H and O–H groups in total.